The Hall–Kier alpha value is -3.28. The van der Waals surface area contributed by atoms with E-state index >= 15 is 0 Å². The molecule has 3 aromatic rings. The zero-order chi connectivity index (χ0) is 16.5. The number of carbonyl (C=O) groups is 2. The topological polar surface area (TPSA) is 68.1 Å². The van der Waals surface area contributed by atoms with Crippen molar-refractivity contribution in [2.75, 3.05) is 6.54 Å². The highest BCUT2D eigenvalue weighted by Crippen LogP contribution is 2.22. The predicted octanol–water partition coefficient (Wildman–Crippen LogP) is 2.28. The second-order valence-corrected chi connectivity index (χ2v) is 5.48. The summed E-state index contributed by atoms with van der Waals surface area (Å²) in [5.74, 6) is -0.477. The van der Waals surface area contributed by atoms with Gasteiger partial charge < -0.3 is 4.57 Å². The second kappa shape index (κ2) is 5.73. The van der Waals surface area contributed by atoms with E-state index in [0.717, 1.165) is 5.52 Å². The van der Waals surface area contributed by atoms with E-state index in [1.54, 1.807) is 36.8 Å². The van der Waals surface area contributed by atoms with Crippen LogP contribution >= 0.6 is 0 Å². The molecule has 0 saturated heterocycles. The van der Waals surface area contributed by atoms with Gasteiger partial charge in [0.25, 0.3) is 11.8 Å². The lowest BCUT2D eigenvalue weighted by Gasteiger charge is -2.10. The van der Waals surface area contributed by atoms with Gasteiger partial charge in [-0.3, -0.25) is 14.5 Å². The minimum atomic E-state index is -0.238. The fourth-order valence-electron chi connectivity index (χ4n) is 2.82. The van der Waals surface area contributed by atoms with Gasteiger partial charge in [-0.15, -0.1) is 0 Å². The lowest BCUT2D eigenvalue weighted by molar-refractivity contribution is 0.0672. The molecule has 4 rings (SSSR count). The minimum Gasteiger partial charge on any atom is -0.325 e. The summed E-state index contributed by atoms with van der Waals surface area (Å²) in [6.45, 7) is 0.864. The molecule has 0 N–H and O–H groups in total. The molecule has 1 aliphatic rings. The number of benzene rings is 1. The largest absolute Gasteiger partial charge is 0.325 e. The van der Waals surface area contributed by atoms with Gasteiger partial charge >= 0.3 is 0 Å². The van der Waals surface area contributed by atoms with Crippen molar-refractivity contribution in [3.8, 4) is 0 Å². The van der Waals surface area contributed by atoms with E-state index in [1.807, 2.05) is 28.9 Å². The Kier molecular flexibility index (Phi) is 3.42. The number of hydrogen-bond acceptors (Lipinski definition) is 4. The third kappa shape index (κ3) is 2.28. The Balaban J connectivity index is 1.45. The zero-order valence-electron chi connectivity index (χ0n) is 12.8. The van der Waals surface area contributed by atoms with Crippen molar-refractivity contribution in [2.24, 2.45) is 0 Å². The molecule has 0 fully saturated rings. The standard InChI is InChI=1S/C18H14N4O2/c23-17-13-6-1-2-7-14(13)18(24)22(17)11-4-3-10-21-12-20-16-15(21)8-5-9-19-16/h1-9,12H,10-11H2/b4-3+. The van der Waals surface area contributed by atoms with Gasteiger partial charge in [0.15, 0.2) is 5.65 Å². The Bertz CT molecular complexity index is 939. The molecule has 0 spiro atoms. The lowest BCUT2D eigenvalue weighted by atomic mass is 10.1. The Labute approximate surface area is 138 Å². The van der Waals surface area contributed by atoms with E-state index in [4.69, 9.17) is 0 Å². The molecule has 2 aromatic heterocycles. The highest BCUT2D eigenvalue weighted by Gasteiger charge is 2.33. The fraction of sp³-hybridized carbons (Fsp3) is 0.111. The molecule has 118 valence electrons. The first kappa shape index (κ1) is 14.3. The summed E-state index contributed by atoms with van der Waals surface area (Å²) < 4.78 is 1.96. The van der Waals surface area contributed by atoms with Crippen molar-refractivity contribution in [3.05, 3.63) is 72.2 Å². The quantitative estimate of drug-likeness (QED) is 0.547. The van der Waals surface area contributed by atoms with Gasteiger partial charge in [-0.1, -0.05) is 24.3 Å². The van der Waals surface area contributed by atoms with Crippen molar-refractivity contribution in [1.82, 2.24) is 19.4 Å². The van der Waals surface area contributed by atoms with Crippen LogP contribution in [0.2, 0.25) is 0 Å². The third-order valence-electron chi connectivity index (χ3n) is 4.03. The third-order valence-corrected chi connectivity index (χ3v) is 4.03. The van der Waals surface area contributed by atoms with E-state index in [1.165, 1.54) is 4.90 Å². The first-order valence-corrected chi connectivity index (χ1v) is 7.62. The van der Waals surface area contributed by atoms with E-state index in [9.17, 15) is 9.59 Å². The average Bonchev–Trinajstić information content (AvgIpc) is 3.13. The molecule has 2 amide bonds. The number of imide groups is 1. The number of aromatic nitrogens is 3. The average molecular weight is 318 g/mol. The molecule has 0 radical (unpaired) electrons. The van der Waals surface area contributed by atoms with E-state index in [-0.39, 0.29) is 18.4 Å². The number of rotatable bonds is 4. The van der Waals surface area contributed by atoms with E-state index < -0.39 is 0 Å². The maximum atomic E-state index is 12.3. The van der Waals surface area contributed by atoms with Crippen LogP contribution in [0.4, 0.5) is 0 Å². The van der Waals surface area contributed by atoms with E-state index in [0.29, 0.717) is 23.3 Å². The van der Waals surface area contributed by atoms with Gasteiger partial charge in [0.1, 0.15) is 0 Å². The van der Waals surface area contributed by atoms with Crippen molar-refractivity contribution < 1.29 is 9.59 Å². The van der Waals surface area contributed by atoms with E-state index in [2.05, 4.69) is 9.97 Å². The number of fused-ring (bicyclic) bond motifs is 2. The molecule has 3 heterocycles. The number of allylic oxidation sites excluding steroid dienone is 1. The van der Waals surface area contributed by atoms with Gasteiger partial charge in [0.05, 0.1) is 23.0 Å². The first-order valence-electron chi connectivity index (χ1n) is 7.62. The van der Waals surface area contributed by atoms with Gasteiger partial charge in [-0.05, 0) is 24.3 Å². The van der Waals surface area contributed by atoms with Crippen LogP contribution in [0.5, 0.6) is 0 Å². The van der Waals surface area contributed by atoms with Crippen molar-refractivity contribution in [1.29, 1.82) is 0 Å². The highest BCUT2D eigenvalue weighted by molar-refractivity contribution is 6.21. The molecule has 0 bridgehead atoms. The predicted molar refractivity (Wildman–Crippen MR) is 88.5 cm³/mol. The normalized spacial score (nSPS) is 14.1. The monoisotopic (exact) mass is 318 g/mol. The number of hydrogen-bond donors (Lipinski definition) is 0. The Morgan fingerprint density at radius 1 is 0.875 bits per heavy atom. The first-order chi connectivity index (χ1) is 11.8. The molecule has 0 aliphatic carbocycles. The van der Waals surface area contributed by atoms with Gasteiger partial charge in [0, 0.05) is 19.3 Å². The molecule has 0 unspecified atom stereocenters. The smallest absolute Gasteiger partial charge is 0.261 e. The molecular formula is C18H14N4O2. The van der Waals surface area contributed by atoms with Gasteiger partial charge in [0.2, 0.25) is 0 Å². The Morgan fingerprint density at radius 2 is 1.58 bits per heavy atom. The highest BCUT2D eigenvalue weighted by atomic mass is 16.2. The van der Waals surface area contributed by atoms with Gasteiger partial charge in [-0.25, -0.2) is 9.97 Å². The van der Waals surface area contributed by atoms with Gasteiger partial charge in [-0.2, -0.15) is 0 Å². The Morgan fingerprint density at radius 3 is 2.33 bits per heavy atom. The van der Waals surface area contributed by atoms with Crippen LogP contribution in [0.25, 0.3) is 11.2 Å². The van der Waals surface area contributed by atoms with Crippen LogP contribution < -0.4 is 0 Å². The maximum absolute atomic E-state index is 12.3. The summed E-state index contributed by atoms with van der Waals surface area (Å²) in [4.78, 5) is 34.2. The number of pyridine rings is 1. The molecule has 1 aromatic carbocycles. The minimum absolute atomic E-state index is 0.238. The number of amides is 2. The number of imidazole rings is 1. The van der Waals surface area contributed by atoms with Crippen LogP contribution in [-0.4, -0.2) is 37.8 Å². The maximum Gasteiger partial charge on any atom is 0.261 e. The van der Waals surface area contributed by atoms with Crippen molar-refractivity contribution >= 4 is 23.0 Å². The van der Waals surface area contributed by atoms with Crippen LogP contribution in [-0.2, 0) is 6.54 Å². The van der Waals surface area contributed by atoms with Crippen molar-refractivity contribution in [3.63, 3.8) is 0 Å². The van der Waals surface area contributed by atoms with Crippen molar-refractivity contribution in [2.45, 2.75) is 6.54 Å². The molecule has 24 heavy (non-hydrogen) atoms. The lowest BCUT2D eigenvalue weighted by Crippen LogP contribution is -2.29. The number of nitrogens with zero attached hydrogens (tertiary/aromatic N) is 4. The summed E-state index contributed by atoms with van der Waals surface area (Å²) in [6.07, 6.45) is 7.17. The summed E-state index contributed by atoms with van der Waals surface area (Å²) >= 11 is 0. The zero-order valence-corrected chi connectivity index (χ0v) is 12.8. The number of carbonyl (C=O) groups excluding carboxylic acids is 2. The second-order valence-electron chi connectivity index (χ2n) is 5.48. The summed E-state index contributed by atoms with van der Waals surface area (Å²) in [6, 6.07) is 10.7. The molecule has 0 atom stereocenters. The summed E-state index contributed by atoms with van der Waals surface area (Å²) in [7, 11) is 0. The summed E-state index contributed by atoms with van der Waals surface area (Å²) in [5, 5.41) is 0. The SMILES string of the molecule is O=C1c2ccccc2C(=O)N1C/C=C/Cn1cnc2ncccc21. The molecule has 1 aliphatic heterocycles. The molecule has 6 heteroatoms. The molecule has 0 saturated carbocycles. The van der Waals surface area contributed by atoms with Crippen LogP contribution in [0.15, 0.2) is 61.1 Å². The van der Waals surface area contributed by atoms with Crippen LogP contribution in [0, 0.1) is 0 Å². The summed E-state index contributed by atoms with van der Waals surface area (Å²) in [5.41, 5.74) is 2.60. The molecule has 6 nitrogen and oxygen atoms in total. The van der Waals surface area contributed by atoms with Crippen LogP contribution in [0.3, 0.4) is 0 Å². The fourth-order valence-corrected chi connectivity index (χ4v) is 2.82. The molecular weight excluding hydrogens is 304 g/mol. The van der Waals surface area contributed by atoms with Crippen LogP contribution in [0.1, 0.15) is 20.7 Å².